The fourth-order valence-corrected chi connectivity index (χ4v) is 2.62. The van der Waals surface area contributed by atoms with Crippen LogP contribution in [0.5, 0.6) is 0 Å². The highest BCUT2D eigenvalue weighted by Crippen LogP contribution is 2.24. The minimum absolute atomic E-state index is 0.107. The lowest BCUT2D eigenvalue weighted by molar-refractivity contribution is -0.114. The fourth-order valence-electron chi connectivity index (χ4n) is 2.62. The van der Waals surface area contributed by atoms with E-state index in [-0.39, 0.29) is 11.9 Å². The van der Waals surface area contributed by atoms with Gasteiger partial charge in [-0.15, -0.1) is 0 Å². The number of benzene rings is 2. The summed E-state index contributed by atoms with van der Waals surface area (Å²) in [7, 11) is 0. The smallest absolute Gasteiger partial charge is 0.221 e. The van der Waals surface area contributed by atoms with Crippen molar-refractivity contribution < 1.29 is 4.79 Å². The van der Waals surface area contributed by atoms with Crippen molar-refractivity contribution in [3.8, 4) is 11.4 Å². The quantitative estimate of drug-likeness (QED) is 0.595. The molecule has 0 fully saturated rings. The zero-order valence-corrected chi connectivity index (χ0v) is 15.7. The second-order valence-corrected chi connectivity index (χ2v) is 6.51. The van der Waals surface area contributed by atoms with Gasteiger partial charge in [0.2, 0.25) is 5.91 Å². The van der Waals surface area contributed by atoms with Crippen LogP contribution in [0, 0.1) is 0 Å². The molecule has 0 saturated heterocycles. The van der Waals surface area contributed by atoms with E-state index in [0.29, 0.717) is 11.6 Å². The number of aromatic nitrogens is 2. The first kappa shape index (κ1) is 18.4. The molecule has 3 rings (SSSR count). The van der Waals surface area contributed by atoms with Crippen LogP contribution in [0.1, 0.15) is 20.8 Å². The van der Waals surface area contributed by atoms with E-state index in [2.05, 4.69) is 39.8 Å². The molecule has 0 spiro atoms. The lowest BCUT2D eigenvalue weighted by atomic mass is 10.2. The summed E-state index contributed by atoms with van der Waals surface area (Å²) in [4.78, 5) is 20.5. The zero-order valence-electron chi connectivity index (χ0n) is 15.7. The van der Waals surface area contributed by atoms with E-state index in [4.69, 9.17) is 0 Å². The Morgan fingerprint density at radius 3 is 2.30 bits per heavy atom. The molecular weight excluding hydrogens is 338 g/mol. The van der Waals surface area contributed by atoms with Crippen LogP contribution in [0.15, 0.2) is 60.7 Å². The average molecular weight is 361 g/mol. The maximum Gasteiger partial charge on any atom is 0.221 e. The minimum Gasteiger partial charge on any atom is -0.368 e. The third-order valence-electron chi connectivity index (χ3n) is 3.65. The van der Waals surface area contributed by atoms with Crippen molar-refractivity contribution in [2.45, 2.75) is 26.8 Å². The van der Waals surface area contributed by atoms with Gasteiger partial charge in [-0.3, -0.25) is 4.79 Å². The molecule has 0 aliphatic rings. The maximum absolute atomic E-state index is 11.3. The Hall–Kier alpha value is -3.41. The number of rotatable bonds is 6. The van der Waals surface area contributed by atoms with Crippen molar-refractivity contribution in [2.24, 2.45) is 0 Å². The summed E-state index contributed by atoms with van der Waals surface area (Å²) in [6, 6.07) is 19.5. The molecule has 6 nitrogen and oxygen atoms in total. The van der Waals surface area contributed by atoms with Crippen LogP contribution < -0.4 is 16.0 Å². The van der Waals surface area contributed by atoms with Gasteiger partial charge in [0.25, 0.3) is 0 Å². The molecule has 1 aromatic heterocycles. The fraction of sp³-hybridized carbons (Fsp3) is 0.190. The van der Waals surface area contributed by atoms with Crippen molar-refractivity contribution >= 4 is 28.9 Å². The second kappa shape index (κ2) is 8.31. The SMILES string of the molecule is CC(=O)Nc1cccc(Nc2cc(NC(C)C)nc(-c3ccccc3)n2)c1. The van der Waals surface area contributed by atoms with Gasteiger partial charge in [0.1, 0.15) is 11.6 Å². The summed E-state index contributed by atoms with van der Waals surface area (Å²) in [5.41, 5.74) is 2.50. The van der Waals surface area contributed by atoms with Gasteiger partial charge in [-0.05, 0) is 32.0 Å². The molecule has 6 heteroatoms. The first-order valence-electron chi connectivity index (χ1n) is 8.85. The van der Waals surface area contributed by atoms with E-state index in [9.17, 15) is 4.79 Å². The van der Waals surface area contributed by atoms with E-state index in [1.165, 1.54) is 6.92 Å². The molecule has 0 aliphatic heterocycles. The molecule has 0 atom stereocenters. The molecule has 27 heavy (non-hydrogen) atoms. The van der Waals surface area contributed by atoms with Crippen molar-refractivity contribution in [3.05, 3.63) is 60.7 Å². The number of nitrogens with zero attached hydrogens (tertiary/aromatic N) is 2. The molecule has 0 radical (unpaired) electrons. The number of anilines is 4. The van der Waals surface area contributed by atoms with Gasteiger partial charge in [0.05, 0.1) is 0 Å². The van der Waals surface area contributed by atoms with Crippen LogP contribution in [0.4, 0.5) is 23.0 Å². The minimum atomic E-state index is -0.107. The van der Waals surface area contributed by atoms with Crippen molar-refractivity contribution in [1.29, 1.82) is 0 Å². The van der Waals surface area contributed by atoms with E-state index < -0.39 is 0 Å². The van der Waals surface area contributed by atoms with Crippen molar-refractivity contribution in [2.75, 3.05) is 16.0 Å². The maximum atomic E-state index is 11.3. The van der Waals surface area contributed by atoms with E-state index in [1.807, 2.05) is 60.7 Å². The number of hydrogen-bond donors (Lipinski definition) is 3. The number of amides is 1. The third-order valence-corrected chi connectivity index (χ3v) is 3.65. The lowest BCUT2D eigenvalue weighted by Crippen LogP contribution is -2.12. The highest BCUT2D eigenvalue weighted by molar-refractivity contribution is 5.89. The summed E-state index contributed by atoms with van der Waals surface area (Å²) in [5.74, 6) is 1.96. The van der Waals surface area contributed by atoms with Gasteiger partial charge in [-0.25, -0.2) is 9.97 Å². The zero-order chi connectivity index (χ0) is 19.2. The first-order chi connectivity index (χ1) is 13.0. The molecule has 3 N–H and O–H groups in total. The van der Waals surface area contributed by atoms with E-state index in [0.717, 1.165) is 22.8 Å². The normalized spacial score (nSPS) is 10.5. The standard InChI is InChI=1S/C21H23N5O/c1-14(2)22-19-13-20(26-21(25-19)16-8-5-4-6-9-16)24-18-11-7-10-17(12-18)23-15(3)27/h4-14H,1-3H3,(H,23,27)(H2,22,24,25,26). The Kier molecular flexibility index (Phi) is 5.66. The van der Waals surface area contributed by atoms with Gasteiger partial charge in [-0.1, -0.05) is 36.4 Å². The predicted molar refractivity (Wildman–Crippen MR) is 110 cm³/mol. The van der Waals surface area contributed by atoms with Gasteiger partial charge in [-0.2, -0.15) is 0 Å². The monoisotopic (exact) mass is 361 g/mol. The number of nitrogens with one attached hydrogen (secondary N) is 3. The molecule has 1 amide bonds. The average Bonchev–Trinajstić information content (AvgIpc) is 2.61. The van der Waals surface area contributed by atoms with Crippen molar-refractivity contribution in [3.63, 3.8) is 0 Å². The van der Waals surface area contributed by atoms with Crippen LogP contribution in [0.2, 0.25) is 0 Å². The Morgan fingerprint density at radius 1 is 0.889 bits per heavy atom. The number of hydrogen-bond acceptors (Lipinski definition) is 5. The largest absolute Gasteiger partial charge is 0.368 e. The van der Waals surface area contributed by atoms with Crippen molar-refractivity contribution in [1.82, 2.24) is 9.97 Å². The molecule has 2 aromatic carbocycles. The molecule has 0 unspecified atom stereocenters. The van der Waals surface area contributed by atoms with Crippen LogP contribution in [0.25, 0.3) is 11.4 Å². The first-order valence-corrected chi connectivity index (χ1v) is 8.85. The molecule has 0 bridgehead atoms. The van der Waals surface area contributed by atoms with E-state index >= 15 is 0 Å². The molecule has 1 heterocycles. The third kappa shape index (κ3) is 5.28. The van der Waals surface area contributed by atoms with Gasteiger partial charge in [0, 0.05) is 36.0 Å². The van der Waals surface area contributed by atoms with Gasteiger partial charge in [0.15, 0.2) is 5.82 Å². The van der Waals surface area contributed by atoms with Crippen LogP contribution >= 0.6 is 0 Å². The summed E-state index contributed by atoms with van der Waals surface area (Å²) < 4.78 is 0. The van der Waals surface area contributed by atoms with Crippen LogP contribution in [0.3, 0.4) is 0 Å². The lowest BCUT2D eigenvalue weighted by Gasteiger charge is -2.14. The Labute approximate surface area is 159 Å². The Bertz CT molecular complexity index is 925. The van der Waals surface area contributed by atoms with Crippen LogP contribution in [-0.4, -0.2) is 21.9 Å². The molecular formula is C21H23N5O. The molecule has 0 aliphatic carbocycles. The molecule has 138 valence electrons. The number of carbonyl (C=O) groups is 1. The Balaban J connectivity index is 1.93. The van der Waals surface area contributed by atoms with Gasteiger partial charge >= 0.3 is 0 Å². The summed E-state index contributed by atoms with van der Waals surface area (Å²) in [6.45, 7) is 5.61. The van der Waals surface area contributed by atoms with E-state index in [1.54, 1.807) is 0 Å². The highest BCUT2D eigenvalue weighted by Gasteiger charge is 2.08. The topological polar surface area (TPSA) is 78.9 Å². The predicted octanol–water partition coefficient (Wildman–Crippen LogP) is 4.67. The molecule has 0 saturated carbocycles. The summed E-state index contributed by atoms with van der Waals surface area (Å²) >= 11 is 0. The highest BCUT2D eigenvalue weighted by atomic mass is 16.1. The summed E-state index contributed by atoms with van der Waals surface area (Å²) in [5, 5.41) is 9.41. The van der Waals surface area contributed by atoms with Gasteiger partial charge < -0.3 is 16.0 Å². The number of carbonyl (C=O) groups excluding carboxylic acids is 1. The summed E-state index contributed by atoms with van der Waals surface area (Å²) in [6.07, 6.45) is 0. The van der Waals surface area contributed by atoms with Crippen LogP contribution in [-0.2, 0) is 4.79 Å². The Morgan fingerprint density at radius 2 is 1.59 bits per heavy atom. The second-order valence-electron chi connectivity index (χ2n) is 6.51. The molecule has 3 aromatic rings.